The van der Waals surface area contributed by atoms with Gasteiger partial charge in [0.25, 0.3) is 11.8 Å². The molecule has 2 aromatic carbocycles. The van der Waals surface area contributed by atoms with Crippen LogP contribution in [0.15, 0.2) is 60.1 Å². The number of hydrogen-bond donors (Lipinski definition) is 5. The topological polar surface area (TPSA) is 248 Å². The number of ether oxygens (including phenoxy) is 1. The van der Waals surface area contributed by atoms with Crippen LogP contribution in [0, 0.1) is 0 Å². The van der Waals surface area contributed by atoms with Crippen molar-refractivity contribution >= 4 is 59.4 Å². The molecule has 2 fully saturated rings. The molecular formula is C46H53N15O6. The Morgan fingerprint density at radius 3 is 2.69 bits per heavy atom. The van der Waals surface area contributed by atoms with Crippen LogP contribution in [0.1, 0.15) is 108 Å². The molecule has 1 saturated heterocycles. The first kappa shape index (κ1) is 44.6. The molecule has 5 amide bonds. The van der Waals surface area contributed by atoms with Gasteiger partial charge in [-0.2, -0.15) is 4.98 Å². The number of hydrogen-bond acceptors (Lipinski definition) is 15. The first-order chi connectivity index (χ1) is 32.6. The summed E-state index contributed by atoms with van der Waals surface area (Å²) in [6.45, 7) is 8.03. The quantitative estimate of drug-likeness (QED) is 0.0478. The molecule has 0 radical (unpaired) electrons. The minimum absolute atomic E-state index is 0.0779. The van der Waals surface area contributed by atoms with Crippen LogP contribution in [0.3, 0.4) is 0 Å². The molecule has 6 heterocycles. The van der Waals surface area contributed by atoms with Crippen molar-refractivity contribution < 1.29 is 28.7 Å². The molecule has 5 N–H and O–H groups in total. The number of aromatic nitrogens is 7. The Bertz CT molecular complexity index is 2730. The number of rotatable bonds is 18. The molecule has 2 atom stereocenters. The van der Waals surface area contributed by atoms with Gasteiger partial charge in [0.15, 0.2) is 5.82 Å². The maximum atomic E-state index is 13.3. The summed E-state index contributed by atoms with van der Waals surface area (Å²) in [7, 11) is 1.54. The standard InChI is InChI=1S/C46H53N15O6/c1-4-35-41-34(22-47-2)51-26-60(41)37-23-50-46(55-42(37)61(35)29-8-5-6-9-29)53-33-13-12-27(20-38(33)67-3)43(64)49-21-28-24-58(57-56-28)19-18-48-17-16-40(63)52-32-11-7-10-30-31(32)25-59(45(30)66)36-14-15-39(62)54-44(36)65/h7,10-13,20,23-24,26,29,35-36,48H,2,4-6,8-9,14-19,21-22,25H2,1,3H3,(H,49,64)(H,52,63)(H,50,53,55)(H,54,62,65)/t35-,36?/m1/s1. The van der Waals surface area contributed by atoms with Crippen molar-refractivity contribution in [1.82, 2.24) is 55.4 Å². The summed E-state index contributed by atoms with van der Waals surface area (Å²) in [6.07, 6.45) is 11.4. The van der Waals surface area contributed by atoms with Crippen LogP contribution >= 0.6 is 0 Å². The summed E-state index contributed by atoms with van der Waals surface area (Å²) < 4.78 is 9.46. The second kappa shape index (κ2) is 19.5. The largest absolute Gasteiger partial charge is 0.495 e. The first-order valence-corrected chi connectivity index (χ1v) is 22.7. The Kier molecular flexibility index (Phi) is 13.0. The molecule has 5 aromatic rings. The Hall–Kier alpha value is -7.55. The molecule has 67 heavy (non-hydrogen) atoms. The lowest BCUT2D eigenvalue weighted by atomic mass is 10.00. The predicted molar refractivity (Wildman–Crippen MR) is 246 cm³/mol. The van der Waals surface area contributed by atoms with E-state index in [9.17, 15) is 24.0 Å². The third-order valence-corrected chi connectivity index (χ3v) is 12.8. The molecule has 1 aliphatic carbocycles. The average Bonchev–Trinajstić information content (AvgIpc) is 4.17. The minimum Gasteiger partial charge on any atom is -0.495 e. The smallest absolute Gasteiger partial charge is 0.255 e. The molecule has 3 aliphatic heterocycles. The molecule has 348 valence electrons. The molecule has 1 unspecified atom stereocenters. The maximum absolute atomic E-state index is 13.3. The number of amides is 5. The van der Waals surface area contributed by atoms with E-state index in [2.05, 4.69) is 65.0 Å². The van der Waals surface area contributed by atoms with Crippen molar-refractivity contribution in [3.8, 4) is 11.4 Å². The van der Waals surface area contributed by atoms with Gasteiger partial charge in [0, 0.05) is 60.9 Å². The fourth-order valence-corrected chi connectivity index (χ4v) is 9.53. The number of imidazole rings is 1. The lowest BCUT2D eigenvalue weighted by Crippen LogP contribution is -2.52. The van der Waals surface area contributed by atoms with Crippen molar-refractivity contribution in [2.24, 2.45) is 4.99 Å². The van der Waals surface area contributed by atoms with Gasteiger partial charge < -0.3 is 35.8 Å². The second-order valence-electron chi connectivity index (χ2n) is 17.0. The van der Waals surface area contributed by atoms with E-state index in [-0.39, 0.29) is 62.0 Å². The van der Waals surface area contributed by atoms with Crippen molar-refractivity contribution in [1.29, 1.82) is 0 Å². The van der Waals surface area contributed by atoms with E-state index >= 15 is 0 Å². The number of carbonyl (C=O) groups is 5. The van der Waals surface area contributed by atoms with Gasteiger partial charge in [-0.25, -0.2) is 9.97 Å². The zero-order valence-electron chi connectivity index (χ0n) is 37.5. The van der Waals surface area contributed by atoms with E-state index in [1.807, 2.05) is 12.5 Å². The second-order valence-corrected chi connectivity index (χ2v) is 17.0. The SMILES string of the molecule is C=NCc1ncn2c1[C@@H](CC)N(C1CCCC1)c1nc(Nc3ccc(C(=O)NCc4cn(CCNCCC(=O)Nc5cccc6c5CN(C5CCC(=O)NC5=O)C6=O)nn4)cc3OC)ncc1-2. The van der Waals surface area contributed by atoms with Gasteiger partial charge in [-0.05, 0) is 62.7 Å². The fourth-order valence-electron chi connectivity index (χ4n) is 9.53. The summed E-state index contributed by atoms with van der Waals surface area (Å²) in [6, 6.07) is 9.91. The number of anilines is 4. The molecule has 3 aromatic heterocycles. The maximum Gasteiger partial charge on any atom is 0.255 e. The summed E-state index contributed by atoms with van der Waals surface area (Å²) in [4.78, 5) is 85.9. The van der Waals surface area contributed by atoms with E-state index in [0.29, 0.717) is 77.7 Å². The van der Waals surface area contributed by atoms with Crippen LogP contribution in [0.5, 0.6) is 5.75 Å². The monoisotopic (exact) mass is 911 g/mol. The third kappa shape index (κ3) is 9.18. The predicted octanol–water partition coefficient (Wildman–Crippen LogP) is 3.73. The number of imide groups is 1. The van der Waals surface area contributed by atoms with Gasteiger partial charge in [0.05, 0.1) is 62.3 Å². The summed E-state index contributed by atoms with van der Waals surface area (Å²) >= 11 is 0. The molecule has 9 rings (SSSR count). The van der Waals surface area contributed by atoms with Gasteiger partial charge in [0.2, 0.25) is 23.7 Å². The zero-order chi connectivity index (χ0) is 46.6. The molecule has 1 saturated carbocycles. The minimum atomic E-state index is -0.738. The highest BCUT2D eigenvalue weighted by atomic mass is 16.5. The number of aliphatic imine (C=N–C) groups is 1. The molecular weight excluding hydrogens is 859 g/mol. The van der Waals surface area contributed by atoms with Crippen molar-refractivity contribution in [3.63, 3.8) is 0 Å². The molecule has 0 spiro atoms. The van der Waals surface area contributed by atoms with Crippen LogP contribution in [-0.2, 0) is 40.6 Å². The normalized spacial score (nSPS) is 17.7. The Morgan fingerprint density at radius 2 is 1.90 bits per heavy atom. The average molecular weight is 912 g/mol. The number of benzene rings is 2. The van der Waals surface area contributed by atoms with Gasteiger partial charge in [-0.3, -0.25) is 43.5 Å². The fraction of sp³-hybridized carbons (Fsp3) is 0.413. The highest BCUT2D eigenvalue weighted by Gasteiger charge is 2.41. The van der Waals surface area contributed by atoms with Crippen molar-refractivity contribution in [3.05, 3.63) is 88.9 Å². The Balaban J connectivity index is 0.749. The van der Waals surface area contributed by atoms with Gasteiger partial charge in [0.1, 0.15) is 29.5 Å². The van der Waals surface area contributed by atoms with Crippen LogP contribution < -0.4 is 36.2 Å². The third-order valence-electron chi connectivity index (χ3n) is 12.8. The van der Waals surface area contributed by atoms with E-state index in [4.69, 9.17) is 19.7 Å². The highest BCUT2D eigenvalue weighted by molar-refractivity contribution is 6.07. The molecule has 0 bridgehead atoms. The Labute approximate surface area is 386 Å². The van der Waals surface area contributed by atoms with Crippen LogP contribution in [0.2, 0.25) is 0 Å². The van der Waals surface area contributed by atoms with Crippen LogP contribution in [-0.4, -0.2) is 108 Å². The lowest BCUT2D eigenvalue weighted by molar-refractivity contribution is -0.137. The Morgan fingerprint density at radius 1 is 1.04 bits per heavy atom. The van der Waals surface area contributed by atoms with E-state index in [1.165, 1.54) is 17.7 Å². The van der Waals surface area contributed by atoms with Crippen molar-refractivity contribution in [2.75, 3.05) is 35.7 Å². The molecule has 21 heteroatoms. The lowest BCUT2D eigenvalue weighted by Gasteiger charge is -2.42. The molecule has 4 aliphatic rings. The van der Waals surface area contributed by atoms with E-state index in [1.54, 1.807) is 54.4 Å². The molecule has 21 nitrogen and oxygen atoms in total. The number of nitrogens with zero attached hydrogens (tertiary/aromatic N) is 10. The van der Waals surface area contributed by atoms with Gasteiger partial charge in [-0.1, -0.05) is 31.0 Å². The van der Waals surface area contributed by atoms with Crippen LogP contribution in [0.4, 0.5) is 23.1 Å². The number of fused-ring (bicyclic) bond motifs is 4. The number of methoxy groups -OCH3 is 1. The first-order valence-electron chi connectivity index (χ1n) is 22.7. The summed E-state index contributed by atoms with van der Waals surface area (Å²) in [5.41, 5.74) is 6.05. The summed E-state index contributed by atoms with van der Waals surface area (Å²) in [5, 5.41) is 23.0. The number of nitrogens with one attached hydrogen (secondary N) is 5. The summed E-state index contributed by atoms with van der Waals surface area (Å²) in [5.74, 6) is 0.00140. The van der Waals surface area contributed by atoms with E-state index < -0.39 is 11.9 Å². The van der Waals surface area contributed by atoms with Gasteiger partial charge in [-0.15, -0.1) is 5.10 Å². The van der Waals surface area contributed by atoms with E-state index in [0.717, 1.165) is 42.2 Å². The number of piperidine rings is 1. The van der Waals surface area contributed by atoms with Crippen LogP contribution in [0.25, 0.3) is 5.69 Å². The zero-order valence-corrected chi connectivity index (χ0v) is 37.5. The van der Waals surface area contributed by atoms with Gasteiger partial charge >= 0.3 is 0 Å². The number of carbonyl (C=O) groups excluding carboxylic acids is 5. The van der Waals surface area contributed by atoms with Crippen molar-refractivity contribution in [2.45, 2.75) is 103 Å². The highest BCUT2D eigenvalue weighted by Crippen LogP contribution is 2.45.